The molecule has 0 radical (unpaired) electrons. The molecule has 1 aromatic heterocycles. The molecule has 0 aromatic carbocycles. The van der Waals surface area contributed by atoms with E-state index in [1.54, 1.807) is 0 Å². The molecular formula is C12H14ClF3N2O. The number of pyridine rings is 1. The predicted molar refractivity (Wildman–Crippen MR) is 66.5 cm³/mol. The fourth-order valence-electron chi connectivity index (χ4n) is 2.07. The Bertz CT molecular complexity index is 453. The van der Waals surface area contributed by atoms with Crippen molar-refractivity contribution in [2.45, 2.75) is 25.6 Å². The predicted octanol–water partition coefficient (Wildman–Crippen LogP) is 3.37. The second-order valence-corrected chi connectivity index (χ2v) is 4.76. The zero-order valence-corrected chi connectivity index (χ0v) is 11.1. The molecule has 0 bridgehead atoms. The van der Waals surface area contributed by atoms with Gasteiger partial charge in [-0.25, -0.2) is 4.98 Å². The molecule has 1 aliphatic rings. The van der Waals surface area contributed by atoms with Crippen LogP contribution in [-0.4, -0.2) is 30.8 Å². The molecule has 0 aliphatic carbocycles. The second kappa shape index (κ2) is 5.54. The number of alkyl halides is 3. The van der Waals surface area contributed by atoms with Crippen molar-refractivity contribution in [1.82, 2.24) is 4.98 Å². The fraction of sp³-hybridized carbons (Fsp3) is 0.583. The van der Waals surface area contributed by atoms with Gasteiger partial charge in [-0.15, -0.1) is 0 Å². The Kier molecular flexibility index (Phi) is 4.20. The highest BCUT2D eigenvalue weighted by Gasteiger charge is 2.33. The summed E-state index contributed by atoms with van der Waals surface area (Å²) in [4.78, 5) is 5.79. The third kappa shape index (κ3) is 3.12. The summed E-state index contributed by atoms with van der Waals surface area (Å²) < 4.78 is 43.0. The number of anilines is 1. The zero-order chi connectivity index (χ0) is 14.0. The Morgan fingerprint density at radius 3 is 2.84 bits per heavy atom. The summed E-state index contributed by atoms with van der Waals surface area (Å²) in [5.74, 6) is 0.393. The van der Waals surface area contributed by atoms with E-state index in [1.165, 1.54) is 0 Å². The van der Waals surface area contributed by atoms with Crippen molar-refractivity contribution in [3.05, 3.63) is 22.8 Å². The van der Waals surface area contributed by atoms with Gasteiger partial charge in [0.15, 0.2) is 0 Å². The van der Waals surface area contributed by atoms with Gasteiger partial charge in [0.25, 0.3) is 0 Å². The van der Waals surface area contributed by atoms with E-state index in [1.807, 2.05) is 11.8 Å². The van der Waals surface area contributed by atoms with Crippen LogP contribution in [0.25, 0.3) is 0 Å². The van der Waals surface area contributed by atoms with Crippen LogP contribution in [0.4, 0.5) is 19.0 Å². The van der Waals surface area contributed by atoms with Gasteiger partial charge >= 0.3 is 6.18 Å². The maximum Gasteiger partial charge on any atom is 0.417 e. The van der Waals surface area contributed by atoms with Crippen LogP contribution >= 0.6 is 11.6 Å². The van der Waals surface area contributed by atoms with Gasteiger partial charge in [0.2, 0.25) is 0 Å². The molecule has 1 atom stereocenters. The number of morpholine rings is 1. The van der Waals surface area contributed by atoms with Crippen molar-refractivity contribution in [3.8, 4) is 0 Å². The first-order chi connectivity index (χ1) is 8.93. The van der Waals surface area contributed by atoms with E-state index in [0.717, 1.165) is 18.7 Å². The standard InChI is InChI=1S/C12H14ClF3N2O/c1-2-9-7-19-4-3-18(9)11-10(13)5-8(6-17-11)12(14,15)16/h5-6,9H,2-4,7H2,1H3. The molecule has 0 saturated carbocycles. The summed E-state index contributed by atoms with van der Waals surface area (Å²) >= 11 is 5.95. The molecule has 2 heterocycles. The number of rotatable bonds is 2. The third-order valence-electron chi connectivity index (χ3n) is 3.12. The highest BCUT2D eigenvalue weighted by Crippen LogP contribution is 2.34. The summed E-state index contributed by atoms with van der Waals surface area (Å²) in [6.45, 7) is 3.63. The topological polar surface area (TPSA) is 25.4 Å². The minimum atomic E-state index is -4.43. The largest absolute Gasteiger partial charge is 0.417 e. The molecule has 0 amide bonds. The van der Waals surface area contributed by atoms with Gasteiger partial charge in [-0.2, -0.15) is 13.2 Å². The van der Waals surface area contributed by atoms with E-state index in [2.05, 4.69) is 4.98 Å². The summed E-state index contributed by atoms with van der Waals surface area (Å²) in [6, 6.07) is 1.02. The molecule has 0 spiro atoms. The van der Waals surface area contributed by atoms with E-state index in [0.29, 0.717) is 25.6 Å². The van der Waals surface area contributed by atoms with Gasteiger partial charge in [0.05, 0.1) is 29.8 Å². The lowest BCUT2D eigenvalue weighted by atomic mass is 10.1. The quantitative estimate of drug-likeness (QED) is 0.836. The van der Waals surface area contributed by atoms with Gasteiger partial charge in [-0.05, 0) is 12.5 Å². The Hall–Kier alpha value is -1.01. The number of hydrogen-bond donors (Lipinski definition) is 0. The van der Waals surface area contributed by atoms with E-state index in [4.69, 9.17) is 16.3 Å². The summed E-state index contributed by atoms with van der Waals surface area (Å²) in [7, 11) is 0. The summed E-state index contributed by atoms with van der Waals surface area (Å²) in [5.41, 5.74) is -0.831. The Morgan fingerprint density at radius 1 is 1.53 bits per heavy atom. The minimum Gasteiger partial charge on any atom is -0.377 e. The van der Waals surface area contributed by atoms with Crippen molar-refractivity contribution in [2.75, 3.05) is 24.7 Å². The Balaban J connectivity index is 2.30. The summed E-state index contributed by atoms with van der Waals surface area (Å²) in [5, 5.41) is 0.0233. The first kappa shape index (κ1) is 14.4. The maximum absolute atomic E-state index is 12.6. The smallest absolute Gasteiger partial charge is 0.377 e. The van der Waals surface area contributed by atoms with Crippen molar-refractivity contribution in [1.29, 1.82) is 0 Å². The van der Waals surface area contributed by atoms with E-state index in [9.17, 15) is 13.2 Å². The SMILES string of the molecule is CCC1COCCN1c1ncc(C(F)(F)F)cc1Cl. The molecular weight excluding hydrogens is 281 g/mol. The molecule has 2 rings (SSSR count). The van der Waals surface area contributed by atoms with Crippen molar-refractivity contribution in [3.63, 3.8) is 0 Å². The van der Waals surface area contributed by atoms with Crippen LogP contribution < -0.4 is 4.90 Å². The molecule has 3 nitrogen and oxygen atoms in total. The third-order valence-corrected chi connectivity index (χ3v) is 3.40. The molecule has 0 N–H and O–H groups in total. The normalized spacial score (nSPS) is 20.7. The second-order valence-electron chi connectivity index (χ2n) is 4.36. The van der Waals surface area contributed by atoms with Crippen LogP contribution in [0.5, 0.6) is 0 Å². The molecule has 1 aliphatic heterocycles. The fourth-order valence-corrected chi connectivity index (χ4v) is 2.34. The van der Waals surface area contributed by atoms with E-state index < -0.39 is 11.7 Å². The minimum absolute atomic E-state index is 0.0233. The van der Waals surface area contributed by atoms with Gasteiger partial charge in [-0.3, -0.25) is 0 Å². The Morgan fingerprint density at radius 2 is 2.26 bits per heavy atom. The summed E-state index contributed by atoms with van der Waals surface area (Å²) in [6.07, 6.45) is -2.78. The van der Waals surface area contributed by atoms with Crippen LogP contribution in [0.1, 0.15) is 18.9 Å². The van der Waals surface area contributed by atoms with Crippen LogP contribution in [0.2, 0.25) is 5.02 Å². The molecule has 1 aromatic rings. The average molecular weight is 295 g/mol. The lowest BCUT2D eigenvalue weighted by Crippen LogP contribution is -2.45. The molecule has 106 valence electrons. The molecule has 1 fully saturated rings. The number of halogens is 4. The molecule has 7 heteroatoms. The van der Waals surface area contributed by atoms with Crippen LogP contribution in [0.3, 0.4) is 0 Å². The first-order valence-corrected chi connectivity index (χ1v) is 6.38. The highest BCUT2D eigenvalue weighted by molar-refractivity contribution is 6.33. The Labute approximate surface area is 114 Å². The van der Waals surface area contributed by atoms with Gasteiger partial charge in [0, 0.05) is 12.7 Å². The zero-order valence-electron chi connectivity index (χ0n) is 10.4. The first-order valence-electron chi connectivity index (χ1n) is 6.00. The highest BCUT2D eigenvalue weighted by atomic mass is 35.5. The van der Waals surface area contributed by atoms with E-state index in [-0.39, 0.29) is 11.1 Å². The van der Waals surface area contributed by atoms with Crippen molar-refractivity contribution in [2.24, 2.45) is 0 Å². The number of ether oxygens (including phenoxy) is 1. The monoisotopic (exact) mass is 294 g/mol. The van der Waals surface area contributed by atoms with Crippen molar-refractivity contribution < 1.29 is 17.9 Å². The van der Waals surface area contributed by atoms with Crippen LogP contribution in [-0.2, 0) is 10.9 Å². The number of hydrogen-bond acceptors (Lipinski definition) is 3. The average Bonchev–Trinajstić information content (AvgIpc) is 2.37. The number of aromatic nitrogens is 1. The maximum atomic E-state index is 12.6. The number of nitrogens with zero attached hydrogens (tertiary/aromatic N) is 2. The van der Waals surface area contributed by atoms with Crippen molar-refractivity contribution >= 4 is 17.4 Å². The molecule has 1 saturated heterocycles. The molecule has 1 unspecified atom stereocenters. The molecule has 19 heavy (non-hydrogen) atoms. The van der Waals surface area contributed by atoms with Gasteiger partial charge < -0.3 is 9.64 Å². The lowest BCUT2D eigenvalue weighted by Gasteiger charge is -2.36. The van der Waals surface area contributed by atoms with Crippen LogP contribution in [0.15, 0.2) is 12.3 Å². The van der Waals surface area contributed by atoms with Gasteiger partial charge in [0.1, 0.15) is 5.82 Å². The van der Waals surface area contributed by atoms with Gasteiger partial charge in [-0.1, -0.05) is 18.5 Å². The lowest BCUT2D eigenvalue weighted by molar-refractivity contribution is -0.137. The van der Waals surface area contributed by atoms with Crippen LogP contribution in [0, 0.1) is 0 Å². The van der Waals surface area contributed by atoms with E-state index >= 15 is 0 Å².